The van der Waals surface area contributed by atoms with Crippen molar-refractivity contribution in [2.75, 3.05) is 0 Å². The van der Waals surface area contributed by atoms with Gasteiger partial charge in [-0.3, -0.25) is 5.41 Å². The lowest BCUT2D eigenvalue weighted by Crippen LogP contribution is -2.12. The van der Waals surface area contributed by atoms with E-state index in [0.29, 0.717) is 0 Å². The largest absolute Gasteiger partial charge is 0.456 e. The van der Waals surface area contributed by atoms with Crippen molar-refractivity contribution in [2.24, 2.45) is 12.8 Å². The number of aryl methyl sites for hydroxylation is 1. The van der Waals surface area contributed by atoms with Gasteiger partial charge in [-0.2, -0.15) is 0 Å². The highest BCUT2D eigenvalue weighted by molar-refractivity contribution is 6.25. The van der Waals surface area contributed by atoms with Gasteiger partial charge in [0, 0.05) is 28.8 Å². The maximum atomic E-state index is 8.00. The number of para-hydroxylation sites is 1. The molecule has 0 aliphatic rings. The summed E-state index contributed by atoms with van der Waals surface area (Å²) in [6, 6.07) is 26.8. The quantitative estimate of drug-likeness (QED) is 0.274. The highest BCUT2D eigenvalue weighted by Crippen LogP contribution is 2.40. The Balaban J connectivity index is 1.73. The summed E-state index contributed by atoms with van der Waals surface area (Å²) in [5, 5.41) is 12.4. The fourth-order valence-electron chi connectivity index (χ4n) is 4.68. The van der Waals surface area contributed by atoms with Gasteiger partial charge in [0.15, 0.2) is 0 Å². The van der Waals surface area contributed by atoms with Crippen LogP contribution in [0, 0.1) is 5.41 Å². The molecule has 0 saturated carbocycles. The van der Waals surface area contributed by atoms with Gasteiger partial charge in [0.05, 0.1) is 16.4 Å². The molecule has 0 bridgehead atoms. The SMILES string of the molecule is Cn1c2c(C(=N)N)cccc2c2ccc3oc4cc(-c5ccccc5)ccc4c3c21. The molecule has 2 aromatic heterocycles. The molecule has 0 amide bonds. The first kappa shape index (κ1) is 16.9. The van der Waals surface area contributed by atoms with E-state index in [0.717, 1.165) is 54.9 Å². The predicted octanol–water partition coefficient (Wildman–Crippen LogP) is 6.18. The van der Waals surface area contributed by atoms with E-state index in [-0.39, 0.29) is 5.84 Å². The number of benzene rings is 4. The highest BCUT2D eigenvalue weighted by Gasteiger charge is 2.19. The molecule has 30 heavy (non-hydrogen) atoms. The molecule has 4 aromatic carbocycles. The summed E-state index contributed by atoms with van der Waals surface area (Å²) in [5.74, 6) is 0.0762. The van der Waals surface area contributed by atoms with Crippen LogP contribution in [-0.2, 0) is 7.05 Å². The van der Waals surface area contributed by atoms with Crippen LogP contribution in [0.2, 0.25) is 0 Å². The van der Waals surface area contributed by atoms with Gasteiger partial charge in [-0.15, -0.1) is 0 Å². The van der Waals surface area contributed by atoms with E-state index < -0.39 is 0 Å². The molecule has 0 unspecified atom stereocenters. The zero-order valence-electron chi connectivity index (χ0n) is 16.4. The van der Waals surface area contributed by atoms with Crippen LogP contribution in [0.1, 0.15) is 5.56 Å². The maximum Gasteiger partial charge on any atom is 0.137 e. The fraction of sp³-hybridized carbons (Fsp3) is 0.0385. The van der Waals surface area contributed by atoms with E-state index in [1.165, 1.54) is 5.56 Å². The molecule has 0 atom stereocenters. The van der Waals surface area contributed by atoms with E-state index in [2.05, 4.69) is 47.0 Å². The van der Waals surface area contributed by atoms with E-state index >= 15 is 0 Å². The van der Waals surface area contributed by atoms with Gasteiger partial charge < -0.3 is 14.7 Å². The van der Waals surface area contributed by atoms with Gasteiger partial charge in [-0.05, 0) is 41.5 Å². The Kier molecular flexibility index (Phi) is 3.36. The Hall–Kier alpha value is -4.05. The molecule has 6 rings (SSSR count). The molecule has 144 valence electrons. The minimum absolute atomic E-state index is 0.0762. The lowest BCUT2D eigenvalue weighted by Gasteiger charge is -2.05. The van der Waals surface area contributed by atoms with Gasteiger partial charge in [-0.1, -0.05) is 48.5 Å². The van der Waals surface area contributed by atoms with Crippen molar-refractivity contribution >= 4 is 49.6 Å². The average Bonchev–Trinajstić information content (AvgIpc) is 3.29. The molecule has 0 aliphatic carbocycles. The van der Waals surface area contributed by atoms with Gasteiger partial charge in [-0.25, -0.2) is 0 Å². The number of nitrogens with two attached hydrogens (primary N) is 1. The summed E-state index contributed by atoms with van der Waals surface area (Å²) >= 11 is 0. The number of hydrogen-bond acceptors (Lipinski definition) is 2. The van der Waals surface area contributed by atoms with Gasteiger partial charge in [0.2, 0.25) is 0 Å². The van der Waals surface area contributed by atoms with Crippen molar-refractivity contribution in [2.45, 2.75) is 0 Å². The van der Waals surface area contributed by atoms with Gasteiger partial charge >= 0.3 is 0 Å². The fourth-order valence-corrected chi connectivity index (χ4v) is 4.68. The van der Waals surface area contributed by atoms with Crippen LogP contribution in [-0.4, -0.2) is 10.4 Å². The van der Waals surface area contributed by atoms with E-state index in [9.17, 15) is 0 Å². The molecule has 4 nitrogen and oxygen atoms in total. The standard InChI is InChI=1S/C26H19N3O/c1-29-24-17(8-5-9-20(24)26(27)28)18-12-13-21-23(25(18)29)19-11-10-16(14-22(19)30-21)15-6-3-2-4-7-15/h2-14H,1H3,(H3,27,28). The minimum atomic E-state index is 0.0762. The second-order valence-corrected chi connectivity index (χ2v) is 7.69. The van der Waals surface area contributed by atoms with Crippen LogP contribution in [0.5, 0.6) is 0 Å². The Morgan fingerprint density at radius 2 is 1.53 bits per heavy atom. The zero-order valence-corrected chi connectivity index (χ0v) is 16.4. The Morgan fingerprint density at radius 3 is 2.33 bits per heavy atom. The van der Waals surface area contributed by atoms with Crippen LogP contribution < -0.4 is 5.73 Å². The lowest BCUT2D eigenvalue weighted by atomic mass is 10.0. The number of nitrogen functional groups attached to an aromatic ring is 1. The third kappa shape index (κ3) is 2.19. The summed E-state index contributed by atoms with van der Waals surface area (Å²) in [4.78, 5) is 0. The molecule has 2 heterocycles. The Bertz CT molecular complexity index is 1620. The molecule has 0 fully saturated rings. The molecule has 6 aromatic rings. The van der Waals surface area contributed by atoms with Crippen molar-refractivity contribution in [1.82, 2.24) is 4.57 Å². The summed E-state index contributed by atoms with van der Waals surface area (Å²) in [7, 11) is 2.04. The smallest absolute Gasteiger partial charge is 0.137 e. The first-order valence-electron chi connectivity index (χ1n) is 9.89. The van der Waals surface area contributed by atoms with Crippen LogP contribution in [0.3, 0.4) is 0 Å². The lowest BCUT2D eigenvalue weighted by molar-refractivity contribution is 0.669. The summed E-state index contributed by atoms with van der Waals surface area (Å²) in [5.41, 5.74) is 12.7. The number of aromatic nitrogens is 1. The maximum absolute atomic E-state index is 8.00. The van der Waals surface area contributed by atoms with Crippen molar-refractivity contribution < 1.29 is 4.42 Å². The first-order chi connectivity index (χ1) is 14.6. The molecule has 0 radical (unpaired) electrons. The van der Waals surface area contributed by atoms with E-state index in [4.69, 9.17) is 15.6 Å². The third-order valence-corrected chi connectivity index (χ3v) is 6.00. The topological polar surface area (TPSA) is 67.9 Å². The number of furan rings is 1. The first-order valence-corrected chi connectivity index (χ1v) is 9.89. The van der Waals surface area contributed by atoms with Gasteiger partial charge in [0.25, 0.3) is 0 Å². The summed E-state index contributed by atoms with van der Waals surface area (Å²) < 4.78 is 8.41. The second-order valence-electron chi connectivity index (χ2n) is 7.69. The summed E-state index contributed by atoms with van der Waals surface area (Å²) in [6.07, 6.45) is 0. The average molecular weight is 389 g/mol. The van der Waals surface area contributed by atoms with Crippen molar-refractivity contribution in [1.29, 1.82) is 5.41 Å². The highest BCUT2D eigenvalue weighted by atomic mass is 16.3. The number of hydrogen-bond donors (Lipinski definition) is 2. The molecule has 0 aliphatic heterocycles. The zero-order chi connectivity index (χ0) is 20.4. The van der Waals surface area contributed by atoms with E-state index in [1.54, 1.807) is 0 Å². The molecule has 4 heteroatoms. The number of rotatable bonds is 2. The number of fused-ring (bicyclic) bond motifs is 7. The van der Waals surface area contributed by atoms with Gasteiger partial charge in [0.1, 0.15) is 17.0 Å². The number of nitrogens with zero attached hydrogens (tertiary/aromatic N) is 1. The molecule has 3 N–H and O–H groups in total. The summed E-state index contributed by atoms with van der Waals surface area (Å²) in [6.45, 7) is 0. The predicted molar refractivity (Wildman–Crippen MR) is 124 cm³/mol. The minimum Gasteiger partial charge on any atom is -0.456 e. The molecular formula is C26H19N3O. The second kappa shape index (κ2) is 5.97. The Morgan fingerprint density at radius 1 is 0.767 bits per heavy atom. The van der Waals surface area contributed by atoms with Crippen LogP contribution in [0.15, 0.2) is 83.3 Å². The van der Waals surface area contributed by atoms with Crippen LogP contribution >= 0.6 is 0 Å². The monoisotopic (exact) mass is 389 g/mol. The molecular weight excluding hydrogens is 370 g/mol. The van der Waals surface area contributed by atoms with Crippen molar-refractivity contribution in [3.05, 3.63) is 84.4 Å². The van der Waals surface area contributed by atoms with Crippen molar-refractivity contribution in [3.63, 3.8) is 0 Å². The third-order valence-electron chi connectivity index (χ3n) is 6.00. The Labute approximate surface area is 172 Å². The number of nitrogens with one attached hydrogen (secondary N) is 1. The van der Waals surface area contributed by atoms with Crippen LogP contribution in [0.25, 0.3) is 54.9 Å². The normalized spacial score (nSPS) is 11.8. The molecule has 0 spiro atoms. The van der Waals surface area contributed by atoms with Crippen LogP contribution in [0.4, 0.5) is 0 Å². The van der Waals surface area contributed by atoms with E-state index in [1.807, 2.05) is 43.4 Å². The molecule has 0 saturated heterocycles. The van der Waals surface area contributed by atoms with Crippen molar-refractivity contribution in [3.8, 4) is 11.1 Å². The number of amidine groups is 1.